The van der Waals surface area contributed by atoms with Gasteiger partial charge in [-0.15, -0.1) is 0 Å². The predicted molar refractivity (Wildman–Crippen MR) is 113 cm³/mol. The Hall–Kier alpha value is -2.59. The number of rotatable bonds is 4. The highest BCUT2D eigenvalue weighted by Crippen LogP contribution is 2.39. The second-order valence-electron chi connectivity index (χ2n) is 7.94. The molecule has 1 aromatic heterocycles. The first-order valence-corrected chi connectivity index (χ1v) is 10.7. The number of aromatic nitrogens is 1. The number of halogens is 1. The molecule has 0 spiro atoms. The standard InChI is InChI=1S/C23H21FN4S/c24-20-10-15(2-3-16(20)12-25)19-9-14(1-5-18(19)22-7-8-29-27-22)13-28-17-4-6-23(28)21(26)11-17/h1-3,5,7-10,17,21,23H,4,6,11,13,26H2/t17-,21+,23+/m1/s1. The quantitative estimate of drug-likeness (QED) is 0.693. The van der Waals surface area contributed by atoms with Crippen LogP contribution >= 0.6 is 11.5 Å². The van der Waals surface area contributed by atoms with Crippen molar-refractivity contribution in [3.63, 3.8) is 0 Å². The fourth-order valence-electron chi connectivity index (χ4n) is 4.88. The molecule has 2 N–H and O–H groups in total. The van der Waals surface area contributed by atoms with Crippen LogP contribution in [0.25, 0.3) is 22.4 Å². The minimum atomic E-state index is -0.497. The van der Waals surface area contributed by atoms with Crippen LogP contribution in [0.5, 0.6) is 0 Å². The molecule has 2 aliphatic rings. The summed E-state index contributed by atoms with van der Waals surface area (Å²) in [6, 6.07) is 16.3. The summed E-state index contributed by atoms with van der Waals surface area (Å²) in [6.07, 6.45) is 3.48. The molecule has 0 unspecified atom stereocenters. The molecule has 2 fully saturated rings. The monoisotopic (exact) mass is 404 g/mol. The third-order valence-electron chi connectivity index (χ3n) is 6.29. The van der Waals surface area contributed by atoms with Gasteiger partial charge in [-0.05, 0) is 71.8 Å². The highest BCUT2D eigenvalue weighted by molar-refractivity contribution is 7.03. The van der Waals surface area contributed by atoms with Crippen molar-refractivity contribution in [1.29, 1.82) is 5.26 Å². The van der Waals surface area contributed by atoms with Crippen LogP contribution in [0.4, 0.5) is 4.39 Å². The molecule has 3 aromatic rings. The van der Waals surface area contributed by atoms with E-state index in [-0.39, 0.29) is 11.6 Å². The van der Waals surface area contributed by atoms with E-state index in [0.29, 0.717) is 12.1 Å². The normalized spacial score (nSPS) is 23.4. The molecule has 0 saturated carbocycles. The lowest BCUT2D eigenvalue weighted by atomic mass is 9.94. The van der Waals surface area contributed by atoms with Crippen molar-refractivity contribution in [2.75, 3.05) is 0 Å². The molecule has 0 amide bonds. The van der Waals surface area contributed by atoms with Gasteiger partial charge in [0.15, 0.2) is 0 Å². The molecule has 6 heteroatoms. The maximum Gasteiger partial charge on any atom is 0.141 e. The lowest BCUT2D eigenvalue weighted by Gasteiger charge is -2.23. The number of benzene rings is 2. The van der Waals surface area contributed by atoms with Crippen LogP contribution in [0.15, 0.2) is 47.8 Å². The van der Waals surface area contributed by atoms with Gasteiger partial charge in [0.05, 0.1) is 11.3 Å². The third-order valence-corrected chi connectivity index (χ3v) is 6.85. The molecular formula is C23H21FN4S. The van der Waals surface area contributed by atoms with Gasteiger partial charge in [0.25, 0.3) is 0 Å². The van der Waals surface area contributed by atoms with E-state index in [2.05, 4.69) is 27.5 Å². The molecule has 2 saturated heterocycles. The summed E-state index contributed by atoms with van der Waals surface area (Å²) in [7, 11) is 0. The average molecular weight is 405 g/mol. The first-order valence-electron chi connectivity index (χ1n) is 9.89. The van der Waals surface area contributed by atoms with Gasteiger partial charge in [-0.2, -0.15) is 9.64 Å². The molecule has 4 nitrogen and oxygen atoms in total. The Bertz CT molecular complexity index is 1090. The van der Waals surface area contributed by atoms with Gasteiger partial charge in [-0.3, -0.25) is 4.90 Å². The topological polar surface area (TPSA) is 65.9 Å². The molecule has 0 aliphatic carbocycles. The minimum absolute atomic E-state index is 0.0581. The van der Waals surface area contributed by atoms with Crippen LogP contribution in [0, 0.1) is 17.1 Å². The van der Waals surface area contributed by atoms with Crippen molar-refractivity contribution in [3.8, 4) is 28.5 Å². The van der Waals surface area contributed by atoms with Gasteiger partial charge >= 0.3 is 0 Å². The van der Waals surface area contributed by atoms with Crippen molar-refractivity contribution >= 4 is 11.5 Å². The molecule has 3 atom stereocenters. The Morgan fingerprint density at radius 3 is 2.72 bits per heavy atom. The Labute approximate surface area is 173 Å². The fraction of sp³-hybridized carbons (Fsp3) is 0.304. The Morgan fingerprint density at radius 1 is 1.17 bits per heavy atom. The number of nitriles is 1. The molecule has 2 bridgehead atoms. The van der Waals surface area contributed by atoms with Crippen LogP contribution < -0.4 is 5.73 Å². The number of fused-ring (bicyclic) bond motifs is 2. The summed E-state index contributed by atoms with van der Waals surface area (Å²) >= 11 is 1.40. The number of nitrogens with two attached hydrogens (primary N) is 1. The van der Waals surface area contributed by atoms with E-state index in [1.807, 2.05) is 23.6 Å². The van der Waals surface area contributed by atoms with Crippen LogP contribution in [0.1, 0.15) is 30.4 Å². The molecule has 0 radical (unpaired) electrons. The Morgan fingerprint density at radius 2 is 2.07 bits per heavy atom. The van der Waals surface area contributed by atoms with E-state index < -0.39 is 5.82 Å². The van der Waals surface area contributed by atoms with Crippen LogP contribution in [-0.4, -0.2) is 27.4 Å². The van der Waals surface area contributed by atoms with Gasteiger partial charge < -0.3 is 5.73 Å². The summed E-state index contributed by atoms with van der Waals surface area (Å²) in [4.78, 5) is 2.53. The van der Waals surface area contributed by atoms with E-state index in [0.717, 1.165) is 35.3 Å². The van der Waals surface area contributed by atoms with Gasteiger partial charge in [-0.25, -0.2) is 4.39 Å². The second-order valence-corrected chi connectivity index (χ2v) is 8.61. The minimum Gasteiger partial charge on any atom is -0.326 e. The highest BCUT2D eigenvalue weighted by Gasteiger charge is 2.44. The Balaban J connectivity index is 1.55. The summed E-state index contributed by atoms with van der Waals surface area (Å²) in [5, 5.41) is 11.0. The summed E-state index contributed by atoms with van der Waals surface area (Å²) < 4.78 is 18.8. The van der Waals surface area contributed by atoms with Crippen LogP contribution in [0.3, 0.4) is 0 Å². The lowest BCUT2D eigenvalue weighted by molar-refractivity contribution is 0.239. The molecule has 2 aromatic carbocycles. The van der Waals surface area contributed by atoms with Crippen molar-refractivity contribution in [3.05, 3.63) is 64.8 Å². The van der Waals surface area contributed by atoms with E-state index in [1.165, 1.54) is 36.0 Å². The first kappa shape index (κ1) is 18.4. The van der Waals surface area contributed by atoms with Crippen LogP contribution in [-0.2, 0) is 6.54 Å². The van der Waals surface area contributed by atoms with Gasteiger partial charge in [0.1, 0.15) is 11.9 Å². The summed E-state index contributed by atoms with van der Waals surface area (Å²) in [5.41, 5.74) is 11.1. The average Bonchev–Trinajstić information content (AvgIpc) is 3.45. The van der Waals surface area contributed by atoms with E-state index >= 15 is 0 Å². The van der Waals surface area contributed by atoms with Crippen molar-refractivity contribution < 1.29 is 4.39 Å². The maximum absolute atomic E-state index is 14.3. The largest absolute Gasteiger partial charge is 0.326 e. The van der Waals surface area contributed by atoms with Gasteiger partial charge in [0, 0.05) is 35.6 Å². The predicted octanol–water partition coefficient (Wildman–Crippen LogP) is 4.55. The van der Waals surface area contributed by atoms with Crippen molar-refractivity contribution in [1.82, 2.24) is 9.27 Å². The molecule has 29 heavy (non-hydrogen) atoms. The third kappa shape index (κ3) is 3.25. The lowest BCUT2D eigenvalue weighted by Crippen LogP contribution is -2.36. The Kier molecular flexibility index (Phi) is 4.67. The van der Waals surface area contributed by atoms with Gasteiger partial charge in [0.2, 0.25) is 0 Å². The molecule has 5 rings (SSSR count). The zero-order valence-corrected chi connectivity index (χ0v) is 16.7. The second kappa shape index (κ2) is 7.34. The highest BCUT2D eigenvalue weighted by atomic mass is 32.1. The molecule has 2 aliphatic heterocycles. The van der Waals surface area contributed by atoms with Crippen LogP contribution in [0.2, 0.25) is 0 Å². The zero-order chi connectivity index (χ0) is 20.0. The molecule has 3 heterocycles. The van der Waals surface area contributed by atoms with Crippen molar-refractivity contribution in [2.24, 2.45) is 5.73 Å². The smallest absolute Gasteiger partial charge is 0.141 e. The number of hydrogen-bond donors (Lipinski definition) is 1. The summed E-state index contributed by atoms with van der Waals surface area (Å²) in [5.74, 6) is -0.497. The summed E-state index contributed by atoms with van der Waals surface area (Å²) in [6.45, 7) is 0.853. The number of hydrogen-bond acceptors (Lipinski definition) is 5. The number of nitrogens with zero attached hydrogens (tertiary/aromatic N) is 3. The maximum atomic E-state index is 14.3. The van der Waals surface area contributed by atoms with Crippen molar-refractivity contribution in [2.45, 2.75) is 43.9 Å². The molecule has 146 valence electrons. The molecular weight excluding hydrogens is 383 g/mol. The fourth-order valence-corrected chi connectivity index (χ4v) is 5.41. The van der Waals surface area contributed by atoms with E-state index in [4.69, 9.17) is 11.0 Å². The zero-order valence-electron chi connectivity index (χ0n) is 15.9. The van der Waals surface area contributed by atoms with E-state index in [1.54, 1.807) is 6.07 Å². The first-order chi connectivity index (χ1) is 14.1. The van der Waals surface area contributed by atoms with Gasteiger partial charge in [-0.1, -0.05) is 18.2 Å². The van der Waals surface area contributed by atoms with E-state index in [9.17, 15) is 4.39 Å². The SMILES string of the molecule is N#Cc1ccc(-c2cc(CN3[C@@H]4CC[C@H]3[C@@H](N)C4)ccc2-c2ccsn2)cc1F.